The van der Waals surface area contributed by atoms with Crippen LogP contribution in [0.1, 0.15) is 31.7 Å². The lowest BCUT2D eigenvalue weighted by atomic mass is 9.89. The maximum atomic E-state index is 12.2. The highest BCUT2D eigenvalue weighted by Gasteiger charge is 2.25. The summed E-state index contributed by atoms with van der Waals surface area (Å²) >= 11 is 0. The average molecular weight is 314 g/mol. The van der Waals surface area contributed by atoms with Crippen molar-refractivity contribution in [1.82, 2.24) is 10.2 Å². The minimum atomic E-state index is -0.214. The summed E-state index contributed by atoms with van der Waals surface area (Å²) in [6.07, 6.45) is 5.45. The van der Waals surface area contributed by atoms with Gasteiger partial charge in [-0.3, -0.25) is 0 Å². The van der Waals surface area contributed by atoms with Gasteiger partial charge >= 0.3 is 6.09 Å². The lowest BCUT2D eigenvalue weighted by molar-refractivity contribution is 0.0984. The second-order valence-electron chi connectivity index (χ2n) is 6.66. The molecule has 3 rings (SSSR count). The van der Waals surface area contributed by atoms with Crippen LogP contribution in [0.3, 0.4) is 0 Å². The Kier molecular flexibility index (Phi) is 5.34. The lowest BCUT2D eigenvalue weighted by Crippen LogP contribution is -2.43. The van der Waals surface area contributed by atoms with E-state index in [1.54, 1.807) is 4.90 Å². The van der Waals surface area contributed by atoms with Crippen molar-refractivity contribution in [3.8, 4) is 0 Å². The van der Waals surface area contributed by atoms with Gasteiger partial charge in [0, 0.05) is 19.1 Å². The third kappa shape index (κ3) is 4.35. The zero-order valence-corrected chi connectivity index (χ0v) is 13.8. The van der Waals surface area contributed by atoms with Gasteiger partial charge in [-0.2, -0.15) is 0 Å². The topological polar surface area (TPSA) is 41.6 Å². The number of ether oxygens (including phenoxy) is 1. The zero-order valence-electron chi connectivity index (χ0n) is 13.8. The highest BCUT2D eigenvalue weighted by molar-refractivity contribution is 5.68. The number of amides is 1. The largest absolute Gasteiger partial charge is 0.445 e. The number of piperidine rings is 1. The maximum absolute atomic E-state index is 12.2. The molecule has 1 saturated heterocycles. The summed E-state index contributed by atoms with van der Waals surface area (Å²) in [4.78, 5) is 13.9. The van der Waals surface area contributed by atoms with Gasteiger partial charge in [-0.25, -0.2) is 4.79 Å². The van der Waals surface area contributed by atoms with Crippen LogP contribution in [0.25, 0.3) is 0 Å². The van der Waals surface area contributed by atoms with Crippen LogP contribution in [0.4, 0.5) is 4.79 Å². The first-order valence-electron chi connectivity index (χ1n) is 8.60. The first-order valence-corrected chi connectivity index (χ1v) is 8.60. The van der Waals surface area contributed by atoms with E-state index in [0.29, 0.717) is 19.2 Å². The van der Waals surface area contributed by atoms with E-state index < -0.39 is 0 Å². The fourth-order valence-corrected chi connectivity index (χ4v) is 3.29. The second kappa shape index (κ2) is 7.64. The van der Waals surface area contributed by atoms with Gasteiger partial charge in [0.25, 0.3) is 0 Å². The fourth-order valence-electron chi connectivity index (χ4n) is 3.29. The first kappa shape index (κ1) is 16.1. The van der Waals surface area contributed by atoms with E-state index in [1.165, 1.54) is 18.4 Å². The Morgan fingerprint density at radius 3 is 2.78 bits per heavy atom. The minimum absolute atomic E-state index is 0.214. The summed E-state index contributed by atoms with van der Waals surface area (Å²) in [5.41, 5.74) is 2.48. The average Bonchev–Trinajstić information content (AvgIpc) is 2.61. The van der Waals surface area contributed by atoms with Crippen LogP contribution in [-0.4, -0.2) is 36.7 Å². The van der Waals surface area contributed by atoms with Gasteiger partial charge in [-0.1, -0.05) is 48.9 Å². The number of hydrogen-bond donors (Lipinski definition) is 1. The summed E-state index contributed by atoms with van der Waals surface area (Å²) in [7, 11) is 0. The molecule has 2 aliphatic heterocycles. The van der Waals surface area contributed by atoms with Crippen molar-refractivity contribution in [3.63, 3.8) is 0 Å². The monoisotopic (exact) mass is 314 g/mol. The van der Waals surface area contributed by atoms with Gasteiger partial charge < -0.3 is 15.0 Å². The molecule has 0 aliphatic carbocycles. The molecule has 0 aromatic heterocycles. The van der Waals surface area contributed by atoms with Crippen molar-refractivity contribution in [2.75, 3.05) is 19.6 Å². The highest BCUT2D eigenvalue weighted by atomic mass is 16.6. The van der Waals surface area contributed by atoms with E-state index in [2.05, 4.69) is 18.3 Å². The van der Waals surface area contributed by atoms with Gasteiger partial charge in [0.2, 0.25) is 0 Å². The number of rotatable bonds is 3. The smallest absolute Gasteiger partial charge is 0.410 e. The van der Waals surface area contributed by atoms with Gasteiger partial charge in [0.05, 0.1) is 0 Å². The third-order valence-corrected chi connectivity index (χ3v) is 4.82. The van der Waals surface area contributed by atoms with E-state index in [0.717, 1.165) is 31.0 Å². The molecule has 0 saturated carbocycles. The maximum Gasteiger partial charge on any atom is 0.410 e. The Balaban J connectivity index is 1.47. The molecule has 0 unspecified atom stereocenters. The molecule has 1 amide bonds. The summed E-state index contributed by atoms with van der Waals surface area (Å²) in [6, 6.07) is 10.3. The SMILES string of the molecule is C[C@H]1CC[C@H](C2=CCN(C(=O)OCc3ccccc3)CC2)NC1. The van der Waals surface area contributed by atoms with Crippen LogP contribution < -0.4 is 5.32 Å². The molecule has 0 spiro atoms. The van der Waals surface area contributed by atoms with Crippen LogP contribution >= 0.6 is 0 Å². The third-order valence-electron chi connectivity index (χ3n) is 4.82. The minimum Gasteiger partial charge on any atom is -0.445 e. The van der Waals surface area contributed by atoms with Crippen LogP contribution in [0.5, 0.6) is 0 Å². The Bertz CT molecular complexity index is 548. The molecule has 2 atom stereocenters. The van der Waals surface area contributed by atoms with E-state index in [1.807, 2.05) is 30.3 Å². The molecule has 124 valence electrons. The van der Waals surface area contributed by atoms with Gasteiger partial charge in [-0.05, 0) is 37.3 Å². The summed E-state index contributed by atoms with van der Waals surface area (Å²) in [6.45, 7) is 5.16. The highest BCUT2D eigenvalue weighted by Crippen LogP contribution is 2.23. The second-order valence-corrected chi connectivity index (χ2v) is 6.66. The van der Waals surface area contributed by atoms with Crippen molar-refractivity contribution in [2.45, 2.75) is 38.8 Å². The Labute approximate surface area is 138 Å². The molecule has 2 heterocycles. The van der Waals surface area contributed by atoms with Gasteiger partial charge in [0.15, 0.2) is 0 Å². The lowest BCUT2D eigenvalue weighted by Gasteiger charge is -2.33. The molecule has 1 aromatic rings. The summed E-state index contributed by atoms with van der Waals surface area (Å²) < 4.78 is 5.40. The number of hydrogen-bond acceptors (Lipinski definition) is 3. The zero-order chi connectivity index (χ0) is 16.1. The number of carbonyl (C=O) groups excluding carboxylic acids is 1. The van der Waals surface area contributed by atoms with Crippen LogP contribution in [0, 0.1) is 5.92 Å². The van der Waals surface area contributed by atoms with Crippen LogP contribution in [-0.2, 0) is 11.3 Å². The van der Waals surface area contributed by atoms with Crippen molar-refractivity contribution in [2.24, 2.45) is 5.92 Å². The van der Waals surface area contributed by atoms with E-state index in [4.69, 9.17) is 4.74 Å². The number of nitrogens with zero attached hydrogens (tertiary/aromatic N) is 1. The first-order chi connectivity index (χ1) is 11.2. The van der Waals surface area contributed by atoms with Crippen molar-refractivity contribution in [3.05, 3.63) is 47.5 Å². The molecule has 4 heteroatoms. The number of carbonyl (C=O) groups is 1. The van der Waals surface area contributed by atoms with E-state index in [9.17, 15) is 4.79 Å². The predicted molar refractivity (Wildman–Crippen MR) is 91.1 cm³/mol. The molecule has 1 fully saturated rings. The van der Waals surface area contributed by atoms with Gasteiger partial charge in [0.1, 0.15) is 6.61 Å². The Morgan fingerprint density at radius 1 is 1.30 bits per heavy atom. The molecule has 0 bridgehead atoms. The normalized spacial score (nSPS) is 24.9. The molecule has 4 nitrogen and oxygen atoms in total. The number of nitrogens with one attached hydrogen (secondary N) is 1. The van der Waals surface area contributed by atoms with Crippen LogP contribution in [0.15, 0.2) is 42.0 Å². The number of benzene rings is 1. The molecule has 2 aliphatic rings. The van der Waals surface area contributed by atoms with E-state index >= 15 is 0 Å². The molecular weight excluding hydrogens is 288 g/mol. The van der Waals surface area contributed by atoms with Crippen molar-refractivity contribution >= 4 is 6.09 Å². The molecule has 23 heavy (non-hydrogen) atoms. The Morgan fingerprint density at radius 2 is 2.13 bits per heavy atom. The quantitative estimate of drug-likeness (QED) is 0.870. The van der Waals surface area contributed by atoms with Crippen molar-refractivity contribution < 1.29 is 9.53 Å². The fraction of sp³-hybridized carbons (Fsp3) is 0.526. The van der Waals surface area contributed by atoms with E-state index in [-0.39, 0.29) is 6.09 Å². The van der Waals surface area contributed by atoms with Crippen molar-refractivity contribution in [1.29, 1.82) is 0 Å². The molecule has 0 radical (unpaired) electrons. The molecule has 1 N–H and O–H groups in total. The van der Waals surface area contributed by atoms with Gasteiger partial charge in [-0.15, -0.1) is 0 Å². The van der Waals surface area contributed by atoms with Crippen LogP contribution in [0.2, 0.25) is 0 Å². The molecule has 1 aromatic carbocycles. The standard InChI is InChI=1S/C19H26N2O2/c1-15-7-8-18(20-13-15)17-9-11-21(12-10-17)19(22)23-14-16-5-3-2-4-6-16/h2-6,9,15,18,20H,7-8,10-14H2,1H3/t15-,18+/m0/s1. The Hall–Kier alpha value is -1.81. The predicted octanol–water partition coefficient (Wildman–Crippen LogP) is 3.34. The summed E-state index contributed by atoms with van der Waals surface area (Å²) in [5.74, 6) is 0.778. The molecular formula is C19H26N2O2. The summed E-state index contributed by atoms with van der Waals surface area (Å²) in [5, 5.41) is 3.63.